The van der Waals surface area contributed by atoms with E-state index in [0.29, 0.717) is 12.2 Å². The minimum absolute atomic E-state index is 0.288. The van der Waals surface area contributed by atoms with Gasteiger partial charge >= 0.3 is 5.97 Å². The van der Waals surface area contributed by atoms with Crippen LogP contribution in [0.15, 0.2) is 24.3 Å². The summed E-state index contributed by atoms with van der Waals surface area (Å²) in [6.45, 7) is 2.64. The molecule has 0 saturated carbocycles. The van der Waals surface area contributed by atoms with E-state index in [0.717, 1.165) is 36.1 Å². The summed E-state index contributed by atoms with van der Waals surface area (Å²) in [5.41, 5.74) is 2.87. The quantitative estimate of drug-likeness (QED) is 0.768. The van der Waals surface area contributed by atoms with Gasteiger partial charge in [0.05, 0.1) is 19.3 Å². The summed E-state index contributed by atoms with van der Waals surface area (Å²) in [6.07, 6.45) is 5.19. The van der Waals surface area contributed by atoms with E-state index in [4.69, 9.17) is 9.47 Å². The lowest BCUT2D eigenvalue weighted by Gasteiger charge is -2.12. The van der Waals surface area contributed by atoms with Crippen LogP contribution in [0, 0.1) is 0 Å². The molecular formula is C15H18O3. The highest BCUT2D eigenvalue weighted by Gasteiger charge is 2.15. The van der Waals surface area contributed by atoms with Gasteiger partial charge in [0.2, 0.25) is 0 Å². The number of hydrogen-bond donors (Lipinski definition) is 0. The van der Waals surface area contributed by atoms with E-state index in [-0.39, 0.29) is 5.97 Å². The molecule has 0 amide bonds. The number of aryl methyl sites for hydroxylation is 1. The number of esters is 1. The highest BCUT2D eigenvalue weighted by molar-refractivity contribution is 5.90. The van der Waals surface area contributed by atoms with Crippen LogP contribution in [0.25, 0.3) is 5.76 Å². The van der Waals surface area contributed by atoms with E-state index in [1.165, 1.54) is 7.11 Å². The van der Waals surface area contributed by atoms with Gasteiger partial charge in [-0.1, -0.05) is 6.07 Å². The normalized spacial score (nSPS) is 14.2. The molecule has 1 aliphatic carbocycles. The Morgan fingerprint density at radius 2 is 2.22 bits per heavy atom. The van der Waals surface area contributed by atoms with Crippen molar-refractivity contribution in [2.75, 3.05) is 13.7 Å². The second-order valence-electron chi connectivity index (χ2n) is 4.26. The third-order valence-corrected chi connectivity index (χ3v) is 3.07. The van der Waals surface area contributed by atoms with Crippen LogP contribution in [0.5, 0.6) is 0 Å². The minimum atomic E-state index is -0.288. The van der Waals surface area contributed by atoms with Crippen LogP contribution in [0.4, 0.5) is 0 Å². The number of methoxy groups -OCH3 is 1. The maximum Gasteiger partial charge on any atom is 0.337 e. The number of benzene rings is 1. The molecule has 0 N–H and O–H groups in total. The first-order chi connectivity index (χ1) is 8.76. The van der Waals surface area contributed by atoms with Crippen LogP contribution in [-0.4, -0.2) is 19.7 Å². The van der Waals surface area contributed by atoms with Crippen LogP contribution in [0.2, 0.25) is 0 Å². The van der Waals surface area contributed by atoms with E-state index >= 15 is 0 Å². The van der Waals surface area contributed by atoms with Crippen molar-refractivity contribution in [3.05, 3.63) is 41.0 Å². The zero-order chi connectivity index (χ0) is 13.0. The molecule has 0 heterocycles. The highest BCUT2D eigenvalue weighted by atomic mass is 16.5. The van der Waals surface area contributed by atoms with Crippen molar-refractivity contribution in [2.45, 2.75) is 26.2 Å². The summed E-state index contributed by atoms with van der Waals surface area (Å²) in [5, 5.41) is 0. The molecule has 0 bridgehead atoms. The average molecular weight is 246 g/mol. The van der Waals surface area contributed by atoms with Crippen LogP contribution in [0.3, 0.4) is 0 Å². The summed E-state index contributed by atoms with van der Waals surface area (Å²) in [7, 11) is 1.40. The molecule has 0 atom stereocenters. The molecule has 0 fully saturated rings. The largest absolute Gasteiger partial charge is 0.494 e. The highest BCUT2D eigenvalue weighted by Crippen LogP contribution is 2.27. The van der Waals surface area contributed by atoms with Crippen molar-refractivity contribution in [1.29, 1.82) is 0 Å². The Labute approximate surface area is 107 Å². The number of fused-ring (bicyclic) bond motifs is 1. The first-order valence-corrected chi connectivity index (χ1v) is 6.30. The first-order valence-electron chi connectivity index (χ1n) is 6.30. The van der Waals surface area contributed by atoms with Crippen molar-refractivity contribution in [3.63, 3.8) is 0 Å². The van der Waals surface area contributed by atoms with Crippen molar-refractivity contribution in [1.82, 2.24) is 0 Å². The van der Waals surface area contributed by atoms with Crippen LogP contribution in [-0.2, 0) is 15.9 Å². The van der Waals surface area contributed by atoms with Gasteiger partial charge in [0, 0.05) is 5.56 Å². The van der Waals surface area contributed by atoms with Gasteiger partial charge in [-0.25, -0.2) is 4.79 Å². The SMILES string of the molecule is CCOC1=CCCCc2cc(C(=O)OC)ccc21. The smallest absolute Gasteiger partial charge is 0.337 e. The second-order valence-corrected chi connectivity index (χ2v) is 4.26. The van der Waals surface area contributed by atoms with Crippen molar-refractivity contribution < 1.29 is 14.3 Å². The summed E-state index contributed by atoms with van der Waals surface area (Å²) in [6, 6.07) is 5.66. The number of rotatable bonds is 3. The van der Waals surface area contributed by atoms with Gasteiger partial charge in [0.25, 0.3) is 0 Å². The molecule has 96 valence electrons. The second kappa shape index (κ2) is 5.71. The molecule has 2 rings (SSSR count). The summed E-state index contributed by atoms with van der Waals surface area (Å²) < 4.78 is 10.4. The van der Waals surface area contributed by atoms with Crippen molar-refractivity contribution >= 4 is 11.7 Å². The Morgan fingerprint density at radius 3 is 2.94 bits per heavy atom. The number of hydrogen-bond acceptors (Lipinski definition) is 3. The Kier molecular flexibility index (Phi) is 4.03. The number of carbonyl (C=O) groups excluding carboxylic acids is 1. The van der Waals surface area contributed by atoms with Gasteiger partial charge in [-0.05, 0) is 50.0 Å². The lowest BCUT2D eigenvalue weighted by Crippen LogP contribution is -2.04. The molecule has 1 aliphatic rings. The lowest BCUT2D eigenvalue weighted by molar-refractivity contribution is 0.0600. The number of allylic oxidation sites excluding steroid dienone is 1. The van der Waals surface area contributed by atoms with E-state index in [2.05, 4.69) is 6.08 Å². The summed E-state index contributed by atoms with van der Waals surface area (Å²) >= 11 is 0. The number of ether oxygens (including phenoxy) is 2. The van der Waals surface area contributed by atoms with Gasteiger partial charge in [-0.2, -0.15) is 0 Å². The molecule has 1 aromatic carbocycles. The van der Waals surface area contributed by atoms with Crippen molar-refractivity contribution in [3.8, 4) is 0 Å². The molecular weight excluding hydrogens is 228 g/mol. The average Bonchev–Trinajstić information content (AvgIpc) is 2.60. The van der Waals surface area contributed by atoms with Crippen LogP contribution < -0.4 is 0 Å². The molecule has 1 aromatic rings. The maximum absolute atomic E-state index is 11.5. The zero-order valence-corrected chi connectivity index (χ0v) is 10.9. The fourth-order valence-corrected chi connectivity index (χ4v) is 2.21. The molecule has 0 spiro atoms. The Balaban J connectivity index is 2.38. The van der Waals surface area contributed by atoms with E-state index in [1.54, 1.807) is 6.07 Å². The maximum atomic E-state index is 11.5. The zero-order valence-electron chi connectivity index (χ0n) is 10.9. The Bertz CT molecular complexity index is 475. The Morgan fingerprint density at radius 1 is 1.39 bits per heavy atom. The van der Waals surface area contributed by atoms with Gasteiger partial charge in [0.1, 0.15) is 5.76 Å². The first kappa shape index (κ1) is 12.7. The Hall–Kier alpha value is -1.77. The monoisotopic (exact) mass is 246 g/mol. The molecule has 0 aliphatic heterocycles. The molecule has 0 aromatic heterocycles. The van der Waals surface area contributed by atoms with E-state index < -0.39 is 0 Å². The molecule has 0 unspecified atom stereocenters. The predicted octanol–water partition coefficient (Wildman–Crippen LogP) is 3.19. The third-order valence-electron chi connectivity index (χ3n) is 3.07. The fraction of sp³-hybridized carbons (Fsp3) is 0.400. The predicted molar refractivity (Wildman–Crippen MR) is 70.3 cm³/mol. The molecule has 3 nitrogen and oxygen atoms in total. The van der Waals surface area contributed by atoms with Crippen LogP contribution in [0.1, 0.15) is 41.3 Å². The molecule has 0 saturated heterocycles. The molecule has 18 heavy (non-hydrogen) atoms. The van der Waals surface area contributed by atoms with Crippen LogP contribution >= 0.6 is 0 Å². The third kappa shape index (κ3) is 2.55. The fourth-order valence-electron chi connectivity index (χ4n) is 2.21. The van der Waals surface area contributed by atoms with Crippen molar-refractivity contribution in [2.24, 2.45) is 0 Å². The van der Waals surface area contributed by atoms with Gasteiger partial charge in [0.15, 0.2) is 0 Å². The minimum Gasteiger partial charge on any atom is -0.494 e. The van der Waals surface area contributed by atoms with E-state index in [9.17, 15) is 4.79 Å². The van der Waals surface area contributed by atoms with E-state index in [1.807, 2.05) is 19.1 Å². The standard InChI is InChI=1S/C15H18O3/c1-3-18-14-7-5-4-6-11-10-12(15(16)17-2)8-9-13(11)14/h7-10H,3-6H2,1-2H3. The van der Waals surface area contributed by atoms with Gasteiger partial charge in [-0.15, -0.1) is 0 Å². The van der Waals surface area contributed by atoms with Gasteiger partial charge in [-0.3, -0.25) is 0 Å². The lowest BCUT2D eigenvalue weighted by atomic mass is 10.0. The topological polar surface area (TPSA) is 35.5 Å². The summed E-state index contributed by atoms with van der Waals surface area (Å²) in [5.74, 6) is 0.644. The molecule has 0 radical (unpaired) electrons. The van der Waals surface area contributed by atoms with Gasteiger partial charge < -0.3 is 9.47 Å². The number of carbonyl (C=O) groups is 1. The molecule has 3 heteroatoms. The summed E-state index contributed by atoms with van der Waals surface area (Å²) in [4.78, 5) is 11.5.